The summed E-state index contributed by atoms with van der Waals surface area (Å²) in [5.41, 5.74) is 0.539. The first kappa shape index (κ1) is 16.9. The van der Waals surface area contributed by atoms with E-state index in [1.165, 1.54) is 18.8 Å². The average Bonchev–Trinajstić information content (AvgIpc) is 3.10. The summed E-state index contributed by atoms with van der Waals surface area (Å²) in [7, 11) is 0. The van der Waals surface area contributed by atoms with Gasteiger partial charge in [-0.3, -0.25) is 9.69 Å². The van der Waals surface area contributed by atoms with Crippen molar-refractivity contribution in [1.82, 2.24) is 20.4 Å². The van der Waals surface area contributed by atoms with Gasteiger partial charge in [0.2, 0.25) is 0 Å². The Morgan fingerprint density at radius 3 is 2.96 bits per heavy atom. The second kappa shape index (κ2) is 7.76. The molecule has 4 heterocycles. The van der Waals surface area contributed by atoms with Crippen molar-refractivity contribution in [1.29, 1.82) is 0 Å². The first-order chi connectivity index (χ1) is 12.3. The van der Waals surface area contributed by atoms with E-state index >= 15 is 0 Å². The van der Waals surface area contributed by atoms with Gasteiger partial charge in [0, 0.05) is 38.3 Å². The summed E-state index contributed by atoms with van der Waals surface area (Å²) in [6.45, 7) is 5.38. The summed E-state index contributed by atoms with van der Waals surface area (Å²) >= 11 is 0. The fourth-order valence-electron chi connectivity index (χ4n) is 4.37. The third-order valence-electron chi connectivity index (χ3n) is 5.86. The van der Waals surface area contributed by atoms with E-state index in [1.807, 2.05) is 0 Å². The predicted molar refractivity (Wildman–Crippen MR) is 91.1 cm³/mol. The smallest absolute Gasteiger partial charge is 0.253 e. The van der Waals surface area contributed by atoms with Gasteiger partial charge in [-0.15, -0.1) is 0 Å². The summed E-state index contributed by atoms with van der Waals surface area (Å²) in [5.74, 6) is 1.02. The lowest BCUT2D eigenvalue weighted by molar-refractivity contribution is 0.00539. The molecule has 136 valence electrons. The molecule has 0 saturated carbocycles. The van der Waals surface area contributed by atoms with Crippen molar-refractivity contribution in [2.45, 2.75) is 31.4 Å². The average molecular weight is 346 g/mol. The van der Waals surface area contributed by atoms with Crippen molar-refractivity contribution >= 4 is 5.91 Å². The summed E-state index contributed by atoms with van der Waals surface area (Å²) in [6, 6.07) is 2.32. The minimum atomic E-state index is -0.112. The van der Waals surface area contributed by atoms with Crippen LogP contribution in [0.4, 0.5) is 0 Å². The van der Waals surface area contributed by atoms with Crippen molar-refractivity contribution in [3.8, 4) is 0 Å². The van der Waals surface area contributed by atoms with Crippen LogP contribution in [0.2, 0.25) is 0 Å². The van der Waals surface area contributed by atoms with E-state index in [-0.39, 0.29) is 12.0 Å². The van der Waals surface area contributed by atoms with E-state index in [4.69, 9.17) is 9.47 Å². The van der Waals surface area contributed by atoms with Gasteiger partial charge < -0.3 is 14.8 Å². The Bertz CT molecular complexity index is 579. The van der Waals surface area contributed by atoms with Crippen LogP contribution < -0.4 is 5.32 Å². The number of likely N-dealkylation sites (tertiary alicyclic amines) is 1. The molecule has 0 radical (unpaired) electrons. The third-order valence-corrected chi connectivity index (χ3v) is 5.86. The molecule has 7 heteroatoms. The highest BCUT2D eigenvalue weighted by atomic mass is 16.5. The minimum absolute atomic E-state index is 0.103. The first-order valence-electron chi connectivity index (χ1n) is 9.29. The van der Waals surface area contributed by atoms with E-state index < -0.39 is 0 Å². The van der Waals surface area contributed by atoms with Crippen molar-refractivity contribution in [2.75, 3.05) is 39.5 Å². The van der Waals surface area contributed by atoms with Crippen LogP contribution in [0, 0.1) is 11.8 Å². The standard InChI is InChI=1S/C18H26N4O3/c23-18(13-1-5-20-21-9-13)19-10-17-16-11-22(6-2-14(16)12-25-17)15-3-7-24-8-4-15/h1,5,9,14-17H,2-4,6-8,10-12H2,(H,19,23)/t14-,16-,17+/m0/s1. The van der Waals surface area contributed by atoms with E-state index in [0.717, 1.165) is 45.8 Å². The van der Waals surface area contributed by atoms with E-state index in [0.29, 0.717) is 30.0 Å². The molecular formula is C18H26N4O3. The third kappa shape index (κ3) is 3.83. The molecule has 0 spiro atoms. The van der Waals surface area contributed by atoms with Gasteiger partial charge in [0.1, 0.15) is 0 Å². The van der Waals surface area contributed by atoms with Crippen LogP contribution in [0.5, 0.6) is 0 Å². The highest BCUT2D eigenvalue weighted by molar-refractivity contribution is 5.93. The van der Waals surface area contributed by atoms with Crippen molar-refractivity contribution < 1.29 is 14.3 Å². The number of nitrogens with one attached hydrogen (secondary N) is 1. The Balaban J connectivity index is 1.32. The van der Waals surface area contributed by atoms with E-state index in [2.05, 4.69) is 20.4 Å². The zero-order valence-electron chi connectivity index (χ0n) is 14.5. The molecule has 1 amide bonds. The topological polar surface area (TPSA) is 76.6 Å². The van der Waals surface area contributed by atoms with E-state index in [1.54, 1.807) is 6.07 Å². The fraction of sp³-hybridized carbons (Fsp3) is 0.722. The number of nitrogens with zero attached hydrogens (tertiary/aromatic N) is 3. The Kier molecular flexibility index (Phi) is 5.24. The minimum Gasteiger partial charge on any atom is -0.381 e. The normalized spacial score (nSPS) is 30.8. The highest BCUT2D eigenvalue weighted by Crippen LogP contribution is 2.35. The van der Waals surface area contributed by atoms with Crippen LogP contribution in [0.3, 0.4) is 0 Å². The Hall–Kier alpha value is -1.57. The van der Waals surface area contributed by atoms with Gasteiger partial charge in [-0.25, -0.2) is 0 Å². The van der Waals surface area contributed by atoms with Crippen molar-refractivity contribution in [3.63, 3.8) is 0 Å². The number of aromatic nitrogens is 2. The molecule has 1 aromatic heterocycles. The molecule has 3 saturated heterocycles. The largest absolute Gasteiger partial charge is 0.381 e. The predicted octanol–water partition coefficient (Wildman–Crippen LogP) is 0.722. The molecule has 1 aromatic rings. The number of piperidine rings is 1. The number of hydrogen-bond acceptors (Lipinski definition) is 6. The van der Waals surface area contributed by atoms with Gasteiger partial charge >= 0.3 is 0 Å². The molecule has 3 aliphatic rings. The van der Waals surface area contributed by atoms with Gasteiger partial charge in [0.05, 0.1) is 30.7 Å². The number of amides is 1. The number of rotatable bonds is 4. The molecule has 0 bridgehead atoms. The molecule has 4 rings (SSSR count). The zero-order chi connectivity index (χ0) is 17.1. The maximum atomic E-state index is 12.2. The Morgan fingerprint density at radius 1 is 1.28 bits per heavy atom. The van der Waals surface area contributed by atoms with Gasteiger partial charge in [-0.1, -0.05) is 0 Å². The zero-order valence-corrected chi connectivity index (χ0v) is 14.5. The molecule has 25 heavy (non-hydrogen) atoms. The summed E-state index contributed by atoms with van der Waals surface area (Å²) in [4.78, 5) is 14.8. The highest BCUT2D eigenvalue weighted by Gasteiger charge is 2.42. The molecule has 0 unspecified atom stereocenters. The lowest BCUT2D eigenvalue weighted by atomic mass is 9.83. The Labute approximate surface area is 148 Å². The lowest BCUT2D eigenvalue weighted by Gasteiger charge is -2.41. The van der Waals surface area contributed by atoms with Gasteiger partial charge in [-0.2, -0.15) is 10.2 Å². The lowest BCUT2D eigenvalue weighted by Crippen LogP contribution is -2.50. The van der Waals surface area contributed by atoms with Crippen molar-refractivity contribution in [2.24, 2.45) is 11.8 Å². The van der Waals surface area contributed by atoms with Crippen LogP contribution in [0.15, 0.2) is 18.5 Å². The van der Waals surface area contributed by atoms with Gasteiger partial charge in [0.25, 0.3) is 5.91 Å². The summed E-state index contributed by atoms with van der Waals surface area (Å²) in [5, 5.41) is 10.5. The molecule has 1 N–H and O–H groups in total. The molecule has 3 atom stereocenters. The fourth-order valence-corrected chi connectivity index (χ4v) is 4.37. The van der Waals surface area contributed by atoms with Crippen LogP contribution >= 0.6 is 0 Å². The quantitative estimate of drug-likeness (QED) is 0.866. The van der Waals surface area contributed by atoms with E-state index in [9.17, 15) is 4.79 Å². The summed E-state index contributed by atoms with van der Waals surface area (Å²) in [6.07, 6.45) is 6.58. The molecule has 0 aliphatic carbocycles. The summed E-state index contributed by atoms with van der Waals surface area (Å²) < 4.78 is 11.5. The first-order valence-corrected chi connectivity index (χ1v) is 9.29. The molecule has 0 aromatic carbocycles. The van der Waals surface area contributed by atoms with Gasteiger partial charge in [-0.05, 0) is 37.8 Å². The molecular weight excluding hydrogens is 320 g/mol. The van der Waals surface area contributed by atoms with Crippen LogP contribution in [0.25, 0.3) is 0 Å². The van der Waals surface area contributed by atoms with Crippen LogP contribution in [-0.2, 0) is 9.47 Å². The monoisotopic (exact) mass is 346 g/mol. The van der Waals surface area contributed by atoms with Crippen molar-refractivity contribution in [3.05, 3.63) is 24.0 Å². The van der Waals surface area contributed by atoms with Gasteiger partial charge in [0.15, 0.2) is 0 Å². The number of carbonyl (C=O) groups excluding carboxylic acids is 1. The number of carbonyl (C=O) groups is 1. The maximum absolute atomic E-state index is 12.2. The molecule has 7 nitrogen and oxygen atoms in total. The molecule has 3 fully saturated rings. The Morgan fingerprint density at radius 2 is 2.16 bits per heavy atom. The van der Waals surface area contributed by atoms with Crippen LogP contribution in [-0.4, -0.2) is 72.6 Å². The van der Waals surface area contributed by atoms with Crippen LogP contribution in [0.1, 0.15) is 29.6 Å². The second-order valence-corrected chi connectivity index (χ2v) is 7.26. The second-order valence-electron chi connectivity index (χ2n) is 7.26. The SMILES string of the molecule is O=C(NC[C@H]1OC[C@@H]2CCN(C3CCOCC3)C[C@@H]21)c1ccnnc1. The number of fused-ring (bicyclic) bond motifs is 1. The number of ether oxygens (including phenoxy) is 2. The molecule has 3 aliphatic heterocycles. The maximum Gasteiger partial charge on any atom is 0.253 e. The number of hydrogen-bond donors (Lipinski definition) is 1.